The Morgan fingerprint density at radius 2 is 2.75 bits per heavy atom. The van der Waals surface area contributed by atoms with Gasteiger partial charge in [-0.25, -0.2) is 9.82 Å². The highest BCUT2D eigenvalue weighted by Gasteiger charge is 1.90. The van der Waals surface area contributed by atoms with Crippen molar-refractivity contribution in [1.29, 1.82) is 0 Å². The van der Waals surface area contributed by atoms with Crippen molar-refractivity contribution in [1.82, 2.24) is 9.82 Å². The van der Waals surface area contributed by atoms with Crippen molar-refractivity contribution in [2.24, 2.45) is 0 Å². The Labute approximate surface area is 51.8 Å². The lowest BCUT2D eigenvalue weighted by atomic mass is 10.5. The van der Waals surface area contributed by atoms with Crippen LogP contribution in [0, 0.1) is 0 Å². The smallest absolute Gasteiger partial charge is 0.180 e. The van der Waals surface area contributed by atoms with Crippen molar-refractivity contribution >= 4 is 11.8 Å². The van der Waals surface area contributed by atoms with Gasteiger partial charge in [-0.05, 0) is 11.8 Å². The van der Waals surface area contributed by atoms with Gasteiger partial charge in [0.15, 0.2) is 6.39 Å². The molecule has 0 radical (unpaired) electrons. The average molecular weight is 133 g/mol. The third kappa shape index (κ3) is 1.21. The number of halogens is 1. The maximum absolute atomic E-state index is 5.16. The summed E-state index contributed by atoms with van der Waals surface area (Å²) in [5, 5.41) is 0. The van der Waals surface area contributed by atoms with E-state index in [0.717, 1.165) is 5.76 Å². The Balaban J connectivity index is 2.50. The zero-order valence-corrected chi connectivity index (χ0v) is 4.85. The van der Waals surface area contributed by atoms with E-state index in [-0.39, 0.29) is 0 Å². The monoisotopic (exact) mass is 132 g/mol. The van der Waals surface area contributed by atoms with Gasteiger partial charge >= 0.3 is 0 Å². The molecular formula is C4H5ClN2O. The van der Waals surface area contributed by atoms with E-state index in [4.69, 9.17) is 16.2 Å². The summed E-state index contributed by atoms with van der Waals surface area (Å²) < 4.78 is 4.82. The first-order valence-corrected chi connectivity index (χ1v) is 2.52. The van der Waals surface area contributed by atoms with Gasteiger partial charge in [-0.3, -0.25) is 0 Å². The summed E-state index contributed by atoms with van der Waals surface area (Å²) >= 11 is 5.16. The van der Waals surface area contributed by atoms with Gasteiger partial charge in [0.1, 0.15) is 5.76 Å². The largest absolute Gasteiger partial charge is 0.447 e. The number of aromatic nitrogens is 1. The normalized spacial score (nSPS) is 9.62. The fourth-order valence-corrected chi connectivity index (χ4v) is 0.527. The van der Waals surface area contributed by atoms with E-state index in [2.05, 4.69) is 9.82 Å². The van der Waals surface area contributed by atoms with Gasteiger partial charge in [-0.2, -0.15) is 0 Å². The van der Waals surface area contributed by atoms with Crippen LogP contribution in [0.3, 0.4) is 0 Å². The third-order valence-corrected chi connectivity index (χ3v) is 0.858. The van der Waals surface area contributed by atoms with E-state index in [9.17, 15) is 0 Å². The molecule has 0 saturated carbocycles. The van der Waals surface area contributed by atoms with Crippen molar-refractivity contribution in [2.75, 3.05) is 0 Å². The molecule has 0 atom stereocenters. The Hall–Kier alpha value is -0.540. The second kappa shape index (κ2) is 2.69. The summed E-state index contributed by atoms with van der Waals surface area (Å²) in [5.41, 5.74) is 0. The quantitative estimate of drug-likeness (QED) is 0.608. The highest BCUT2D eigenvalue weighted by atomic mass is 35.5. The molecule has 0 aliphatic rings. The van der Waals surface area contributed by atoms with Crippen LogP contribution < -0.4 is 4.84 Å². The molecule has 1 N–H and O–H groups in total. The van der Waals surface area contributed by atoms with Gasteiger partial charge in [-0.15, -0.1) is 0 Å². The molecule has 8 heavy (non-hydrogen) atoms. The van der Waals surface area contributed by atoms with Crippen molar-refractivity contribution in [2.45, 2.75) is 6.54 Å². The van der Waals surface area contributed by atoms with E-state index in [1.165, 1.54) is 6.39 Å². The van der Waals surface area contributed by atoms with Gasteiger partial charge in [0.25, 0.3) is 0 Å². The molecule has 1 aromatic rings. The predicted octanol–water partition coefficient (Wildman–Crippen LogP) is 0.918. The Morgan fingerprint density at radius 3 is 3.25 bits per heavy atom. The number of rotatable bonds is 2. The summed E-state index contributed by atoms with van der Waals surface area (Å²) in [7, 11) is 0. The molecule has 0 aromatic carbocycles. The van der Waals surface area contributed by atoms with E-state index in [0.29, 0.717) is 6.54 Å². The number of hydrogen-bond acceptors (Lipinski definition) is 3. The van der Waals surface area contributed by atoms with E-state index >= 15 is 0 Å². The minimum absolute atomic E-state index is 0.515. The number of nitrogens with one attached hydrogen (secondary N) is 1. The SMILES string of the molecule is ClNCc1cnco1. The lowest BCUT2D eigenvalue weighted by Gasteiger charge is -1.85. The van der Waals surface area contributed by atoms with Crippen LogP contribution in [0.15, 0.2) is 17.0 Å². The highest BCUT2D eigenvalue weighted by Crippen LogP contribution is 1.94. The first-order valence-electron chi connectivity index (χ1n) is 2.14. The minimum Gasteiger partial charge on any atom is -0.447 e. The summed E-state index contributed by atoms with van der Waals surface area (Å²) in [6, 6.07) is 0. The fourth-order valence-electron chi connectivity index (χ4n) is 0.395. The summed E-state index contributed by atoms with van der Waals surface area (Å²) in [6.07, 6.45) is 2.97. The van der Waals surface area contributed by atoms with Crippen molar-refractivity contribution in [3.8, 4) is 0 Å². The number of hydrogen-bond donors (Lipinski definition) is 1. The van der Waals surface area contributed by atoms with Crippen LogP contribution in [-0.2, 0) is 6.54 Å². The van der Waals surface area contributed by atoms with Crippen LogP contribution in [0.5, 0.6) is 0 Å². The van der Waals surface area contributed by atoms with Crippen LogP contribution in [0.2, 0.25) is 0 Å². The first kappa shape index (κ1) is 5.59. The van der Waals surface area contributed by atoms with Gasteiger partial charge in [0.2, 0.25) is 0 Å². The number of nitrogens with zero attached hydrogens (tertiary/aromatic N) is 1. The molecule has 1 heterocycles. The predicted molar refractivity (Wildman–Crippen MR) is 29.2 cm³/mol. The molecule has 0 fully saturated rings. The lowest BCUT2D eigenvalue weighted by molar-refractivity contribution is 0.500. The molecule has 0 unspecified atom stereocenters. The van der Waals surface area contributed by atoms with Gasteiger partial charge in [0, 0.05) is 0 Å². The van der Waals surface area contributed by atoms with E-state index in [1.807, 2.05) is 0 Å². The minimum atomic E-state index is 0.515. The molecule has 0 saturated heterocycles. The van der Waals surface area contributed by atoms with Crippen molar-refractivity contribution < 1.29 is 4.42 Å². The molecule has 0 aliphatic carbocycles. The molecule has 4 heteroatoms. The second-order valence-electron chi connectivity index (χ2n) is 1.28. The molecule has 44 valence electrons. The molecule has 0 amide bonds. The molecular weight excluding hydrogens is 128 g/mol. The third-order valence-electron chi connectivity index (χ3n) is 0.725. The molecule has 0 bridgehead atoms. The van der Waals surface area contributed by atoms with Crippen molar-refractivity contribution in [3.05, 3.63) is 18.4 Å². The van der Waals surface area contributed by atoms with Crippen LogP contribution in [0.4, 0.5) is 0 Å². The molecule has 0 aliphatic heterocycles. The van der Waals surface area contributed by atoms with Crippen LogP contribution in [0.1, 0.15) is 5.76 Å². The van der Waals surface area contributed by atoms with Crippen molar-refractivity contribution in [3.63, 3.8) is 0 Å². The second-order valence-corrected chi connectivity index (χ2v) is 1.55. The van der Waals surface area contributed by atoms with E-state index in [1.54, 1.807) is 6.20 Å². The molecule has 0 spiro atoms. The highest BCUT2D eigenvalue weighted by molar-refractivity contribution is 6.13. The molecule has 1 aromatic heterocycles. The maximum Gasteiger partial charge on any atom is 0.180 e. The topological polar surface area (TPSA) is 38.1 Å². The standard InChI is InChI=1S/C4H5ClN2O/c5-7-2-4-1-6-3-8-4/h1,3,7H,2H2. The summed E-state index contributed by atoms with van der Waals surface area (Å²) in [5.74, 6) is 0.736. The molecule has 3 nitrogen and oxygen atoms in total. The Kier molecular flexibility index (Phi) is 1.88. The summed E-state index contributed by atoms with van der Waals surface area (Å²) in [4.78, 5) is 6.08. The number of oxazole rings is 1. The Morgan fingerprint density at radius 1 is 1.88 bits per heavy atom. The van der Waals surface area contributed by atoms with Gasteiger partial charge < -0.3 is 4.42 Å². The lowest BCUT2D eigenvalue weighted by Crippen LogP contribution is -1.95. The first-order chi connectivity index (χ1) is 3.93. The fraction of sp³-hybridized carbons (Fsp3) is 0.250. The zero-order valence-electron chi connectivity index (χ0n) is 4.10. The average Bonchev–Trinajstić information content (AvgIpc) is 2.19. The van der Waals surface area contributed by atoms with Crippen LogP contribution in [-0.4, -0.2) is 4.98 Å². The van der Waals surface area contributed by atoms with Crippen LogP contribution >= 0.6 is 11.8 Å². The molecule has 1 rings (SSSR count). The summed E-state index contributed by atoms with van der Waals surface area (Å²) in [6.45, 7) is 0.515. The van der Waals surface area contributed by atoms with E-state index < -0.39 is 0 Å². The van der Waals surface area contributed by atoms with Crippen LogP contribution in [0.25, 0.3) is 0 Å². The van der Waals surface area contributed by atoms with Gasteiger partial charge in [0.05, 0.1) is 12.7 Å². The van der Waals surface area contributed by atoms with Gasteiger partial charge in [-0.1, -0.05) is 0 Å². The zero-order chi connectivity index (χ0) is 5.82. The Bertz CT molecular complexity index is 140. The maximum atomic E-state index is 5.16.